The molecule has 0 radical (unpaired) electrons. The van der Waals surface area contributed by atoms with Crippen LogP contribution in [0.2, 0.25) is 0 Å². The number of aliphatic hydroxyl groups is 1. The first kappa shape index (κ1) is 15.5. The van der Waals surface area contributed by atoms with Crippen LogP contribution in [0.15, 0.2) is 18.2 Å². The maximum absolute atomic E-state index is 11.5. The van der Waals surface area contributed by atoms with Gasteiger partial charge in [0.05, 0.1) is 12.5 Å². The molecule has 3 N–H and O–H groups in total. The first-order valence-corrected chi connectivity index (χ1v) is 6.92. The zero-order valence-corrected chi connectivity index (χ0v) is 12.2. The van der Waals surface area contributed by atoms with Gasteiger partial charge in [-0.3, -0.25) is 9.59 Å². The molecule has 1 aromatic carbocycles. The molecule has 1 amide bonds. The fourth-order valence-corrected chi connectivity index (χ4v) is 2.72. The molecule has 2 atom stereocenters. The van der Waals surface area contributed by atoms with Crippen molar-refractivity contribution in [2.75, 3.05) is 18.5 Å². The largest absolute Gasteiger partial charge is 0.481 e. The monoisotopic (exact) mass is 292 g/mol. The summed E-state index contributed by atoms with van der Waals surface area (Å²) in [4.78, 5) is 24.0. The number of carboxylic acids is 1. The van der Waals surface area contributed by atoms with Crippen molar-refractivity contribution in [3.63, 3.8) is 0 Å². The molecule has 0 aliphatic carbocycles. The van der Waals surface area contributed by atoms with Crippen molar-refractivity contribution in [2.24, 2.45) is 0 Å². The number of amides is 1. The Balaban J connectivity index is 2.22. The van der Waals surface area contributed by atoms with E-state index in [1.54, 1.807) is 18.0 Å². The van der Waals surface area contributed by atoms with Crippen LogP contribution in [0.1, 0.15) is 30.6 Å². The highest BCUT2D eigenvalue weighted by Crippen LogP contribution is 2.31. The van der Waals surface area contributed by atoms with E-state index in [9.17, 15) is 14.7 Å². The first-order valence-electron chi connectivity index (χ1n) is 6.92. The van der Waals surface area contributed by atoms with Gasteiger partial charge in [0.2, 0.25) is 5.91 Å². The molecule has 0 saturated heterocycles. The van der Waals surface area contributed by atoms with Gasteiger partial charge in [0, 0.05) is 25.2 Å². The minimum Gasteiger partial charge on any atom is -0.481 e. The van der Waals surface area contributed by atoms with Crippen LogP contribution in [0.4, 0.5) is 5.69 Å². The summed E-state index contributed by atoms with van der Waals surface area (Å²) < 4.78 is 0. The summed E-state index contributed by atoms with van der Waals surface area (Å²) in [6.45, 7) is 2.18. The summed E-state index contributed by atoms with van der Waals surface area (Å²) in [6, 6.07) is 4.87. The number of carbonyl (C=O) groups is 2. The highest BCUT2D eigenvalue weighted by Gasteiger charge is 2.26. The van der Waals surface area contributed by atoms with E-state index in [2.05, 4.69) is 5.32 Å². The molecule has 21 heavy (non-hydrogen) atoms. The Hall–Kier alpha value is -1.92. The van der Waals surface area contributed by atoms with Crippen molar-refractivity contribution < 1.29 is 19.8 Å². The van der Waals surface area contributed by atoms with Gasteiger partial charge in [0.25, 0.3) is 0 Å². The third-order valence-corrected chi connectivity index (χ3v) is 3.87. The molecule has 1 heterocycles. The summed E-state index contributed by atoms with van der Waals surface area (Å²) in [6.07, 6.45) is -0.310. The second-order valence-corrected chi connectivity index (χ2v) is 5.25. The molecule has 0 saturated carbocycles. The molecule has 2 rings (SSSR count). The van der Waals surface area contributed by atoms with Crippen LogP contribution in [0.25, 0.3) is 0 Å². The van der Waals surface area contributed by atoms with E-state index in [1.165, 1.54) is 6.92 Å². The van der Waals surface area contributed by atoms with Gasteiger partial charge in [-0.1, -0.05) is 12.1 Å². The summed E-state index contributed by atoms with van der Waals surface area (Å²) in [5.74, 6) is -0.960. The topological polar surface area (TPSA) is 89.9 Å². The lowest BCUT2D eigenvalue weighted by atomic mass is 9.97. The molecule has 0 aromatic heterocycles. The standard InChI is InChI=1S/C15H20N2O4/c1-9(18)17-6-5-10-7-11(3-4-13(10)17)15(21)12(16-2)8-14(19)20/h3-4,7,12,15-16,21H,5-6,8H2,1-2H3,(H,19,20). The highest BCUT2D eigenvalue weighted by atomic mass is 16.4. The second-order valence-electron chi connectivity index (χ2n) is 5.25. The number of carbonyl (C=O) groups excluding carboxylic acids is 1. The Morgan fingerprint density at radius 2 is 2.14 bits per heavy atom. The summed E-state index contributed by atoms with van der Waals surface area (Å²) in [7, 11) is 1.63. The van der Waals surface area contributed by atoms with Crippen molar-refractivity contribution in [1.82, 2.24) is 5.32 Å². The molecular formula is C15H20N2O4. The molecule has 1 aliphatic heterocycles. The number of carboxylic acid groups (broad SMARTS) is 1. The summed E-state index contributed by atoms with van der Waals surface area (Å²) in [5, 5.41) is 22.0. The van der Waals surface area contributed by atoms with Gasteiger partial charge in [0.15, 0.2) is 0 Å². The number of likely N-dealkylation sites (N-methyl/N-ethyl adjacent to an activating group) is 1. The summed E-state index contributed by atoms with van der Waals surface area (Å²) >= 11 is 0. The lowest BCUT2D eigenvalue weighted by Gasteiger charge is -2.22. The molecule has 0 bridgehead atoms. The number of benzene rings is 1. The zero-order chi connectivity index (χ0) is 15.6. The van der Waals surface area contributed by atoms with Crippen LogP contribution in [0.3, 0.4) is 0 Å². The van der Waals surface area contributed by atoms with Crippen molar-refractivity contribution in [3.05, 3.63) is 29.3 Å². The van der Waals surface area contributed by atoms with Crippen LogP contribution in [-0.2, 0) is 16.0 Å². The van der Waals surface area contributed by atoms with Gasteiger partial charge >= 0.3 is 5.97 Å². The molecular weight excluding hydrogens is 272 g/mol. The van der Waals surface area contributed by atoms with Gasteiger partial charge < -0.3 is 20.4 Å². The number of aliphatic carboxylic acids is 1. The molecule has 1 aromatic rings. The third kappa shape index (κ3) is 3.22. The Kier molecular flexibility index (Phi) is 4.59. The number of fused-ring (bicyclic) bond motifs is 1. The Morgan fingerprint density at radius 3 is 2.71 bits per heavy atom. The van der Waals surface area contributed by atoms with Crippen molar-refractivity contribution >= 4 is 17.6 Å². The number of nitrogens with zero attached hydrogens (tertiary/aromatic N) is 1. The van der Waals surface area contributed by atoms with Gasteiger partial charge in [-0.2, -0.15) is 0 Å². The maximum Gasteiger partial charge on any atom is 0.305 e. The second kappa shape index (κ2) is 6.24. The smallest absolute Gasteiger partial charge is 0.305 e. The fraction of sp³-hybridized carbons (Fsp3) is 0.467. The van der Waals surface area contributed by atoms with E-state index in [0.29, 0.717) is 12.1 Å². The lowest BCUT2D eigenvalue weighted by molar-refractivity contribution is -0.138. The first-order chi connectivity index (χ1) is 9.93. The lowest BCUT2D eigenvalue weighted by Crippen LogP contribution is -2.34. The Labute approximate surface area is 123 Å². The van der Waals surface area contributed by atoms with Crippen molar-refractivity contribution in [2.45, 2.75) is 31.9 Å². The third-order valence-electron chi connectivity index (χ3n) is 3.87. The zero-order valence-electron chi connectivity index (χ0n) is 12.2. The minimum atomic E-state index is -0.961. The van der Waals surface area contributed by atoms with Crippen LogP contribution in [0, 0.1) is 0 Å². The van der Waals surface area contributed by atoms with Gasteiger partial charge in [-0.15, -0.1) is 0 Å². The van der Waals surface area contributed by atoms with Crippen LogP contribution < -0.4 is 10.2 Å². The average molecular weight is 292 g/mol. The normalized spacial score (nSPS) is 16.4. The fourth-order valence-electron chi connectivity index (χ4n) is 2.72. The van der Waals surface area contributed by atoms with E-state index in [1.807, 2.05) is 12.1 Å². The van der Waals surface area contributed by atoms with E-state index in [4.69, 9.17) is 5.11 Å². The summed E-state index contributed by atoms with van der Waals surface area (Å²) in [5.41, 5.74) is 2.55. The van der Waals surface area contributed by atoms with Gasteiger partial charge in [-0.25, -0.2) is 0 Å². The number of nitrogens with one attached hydrogen (secondary N) is 1. The minimum absolute atomic E-state index is 0.000951. The maximum atomic E-state index is 11.5. The molecule has 2 unspecified atom stereocenters. The number of aliphatic hydroxyl groups excluding tert-OH is 1. The van der Waals surface area contributed by atoms with E-state index in [-0.39, 0.29) is 12.3 Å². The Morgan fingerprint density at radius 1 is 1.43 bits per heavy atom. The number of hydrogen-bond acceptors (Lipinski definition) is 4. The van der Waals surface area contributed by atoms with Crippen LogP contribution in [0.5, 0.6) is 0 Å². The molecule has 1 aliphatic rings. The molecule has 0 spiro atoms. The van der Waals surface area contributed by atoms with E-state index >= 15 is 0 Å². The Bertz CT molecular complexity index is 559. The predicted octanol–water partition coefficient (Wildman–Crippen LogP) is 0.692. The van der Waals surface area contributed by atoms with Gasteiger partial charge in [-0.05, 0) is 30.7 Å². The van der Waals surface area contributed by atoms with E-state index < -0.39 is 18.1 Å². The van der Waals surface area contributed by atoms with Crippen molar-refractivity contribution in [1.29, 1.82) is 0 Å². The van der Waals surface area contributed by atoms with Crippen LogP contribution in [-0.4, -0.2) is 41.7 Å². The number of anilines is 1. The predicted molar refractivity (Wildman–Crippen MR) is 78.2 cm³/mol. The molecule has 114 valence electrons. The van der Waals surface area contributed by atoms with Crippen LogP contribution >= 0.6 is 0 Å². The SMILES string of the molecule is CNC(CC(=O)O)C(O)c1ccc2c(c1)CCN2C(C)=O. The molecule has 6 nitrogen and oxygen atoms in total. The molecule has 0 fully saturated rings. The molecule has 6 heteroatoms. The van der Waals surface area contributed by atoms with Gasteiger partial charge in [0.1, 0.15) is 0 Å². The quantitative estimate of drug-likeness (QED) is 0.743. The number of rotatable bonds is 5. The number of hydrogen-bond donors (Lipinski definition) is 3. The van der Waals surface area contributed by atoms with E-state index in [0.717, 1.165) is 17.7 Å². The van der Waals surface area contributed by atoms with Crippen molar-refractivity contribution in [3.8, 4) is 0 Å². The highest BCUT2D eigenvalue weighted by molar-refractivity contribution is 5.93. The average Bonchev–Trinajstić information content (AvgIpc) is 2.86.